The molecule has 3 saturated heterocycles. The van der Waals surface area contributed by atoms with Gasteiger partial charge in [0.1, 0.15) is 0 Å². The van der Waals surface area contributed by atoms with Crippen LogP contribution in [0.5, 0.6) is 0 Å². The van der Waals surface area contributed by atoms with Crippen molar-refractivity contribution in [2.75, 3.05) is 45.8 Å². The lowest BCUT2D eigenvalue weighted by Crippen LogP contribution is -2.62. The van der Waals surface area contributed by atoms with Gasteiger partial charge in [0.25, 0.3) is 0 Å². The van der Waals surface area contributed by atoms with Gasteiger partial charge in [-0.25, -0.2) is 0 Å². The molecule has 4 aliphatic rings. The minimum atomic E-state index is 0.705. The summed E-state index contributed by atoms with van der Waals surface area (Å²) in [5, 5.41) is 0. The number of nitrogens with zero attached hydrogens (tertiary/aromatic N) is 3. The van der Waals surface area contributed by atoms with E-state index >= 15 is 0 Å². The lowest BCUT2D eigenvalue weighted by molar-refractivity contribution is -0.0753. The summed E-state index contributed by atoms with van der Waals surface area (Å²) in [5.74, 6) is 2.87. The van der Waals surface area contributed by atoms with Crippen molar-refractivity contribution in [2.24, 2.45) is 23.2 Å². The molecule has 0 amide bonds. The molecule has 0 radical (unpaired) electrons. The van der Waals surface area contributed by atoms with Crippen LogP contribution in [0.15, 0.2) is 0 Å². The average molecular weight is 362 g/mol. The minimum Gasteiger partial charge on any atom is -0.302 e. The largest absolute Gasteiger partial charge is 0.302 e. The van der Waals surface area contributed by atoms with E-state index in [9.17, 15) is 0 Å². The van der Waals surface area contributed by atoms with Crippen LogP contribution in [0, 0.1) is 23.2 Å². The van der Waals surface area contributed by atoms with Crippen LogP contribution in [-0.4, -0.2) is 72.6 Å². The van der Waals surface area contributed by atoms with Gasteiger partial charge in [-0.1, -0.05) is 13.8 Å². The fourth-order valence-corrected chi connectivity index (χ4v) is 6.20. The van der Waals surface area contributed by atoms with Crippen LogP contribution >= 0.6 is 0 Å². The second-order valence-electron chi connectivity index (χ2n) is 10.9. The lowest BCUT2D eigenvalue weighted by atomic mass is 9.69. The van der Waals surface area contributed by atoms with E-state index in [-0.39, 0.29) is 0 Å². The van der Waals surface area contributed by atoms with Crippen molar-refractivity contribution in [3.8, 4) is 0 Å². The van der Waals surface area contributed by atoms with E-state index in [1.807, 2.05) is 0 Å². The molecule has 4 rings (SSSR count). The first-order chi connectivity index (χ1) is 12.4. The predicted octanol–water partition coefficient (Wildman–Crippen LogP) is 3.94. The maximum absolute atomic E-state index is 2.84. The van der Waals surface area contributed by atoms with Gasteiger partial charge in [0, 0.05) is 31.7 Å². The number of hydrogen-bond acceptors (Lipinski definition) is 3. The summed E-state index contributed by atoms with van der Waals surface area (Å²) in [7, 11) is 0. The van der Waals surface area contributed by atoms with E-state index in [1.165, 1.54) is 84.3 Å². The van der Waals surface area contributed by atoms with Crippen molar-refractivity contribution < 1.29 is 0 Å². The molecular formula is C23H43N3. The zero-order valence-electron chi connectivity index (χ0n) is 17.9. The summed E-state index contributed by atoms with van der Waals surface area (Å²) >= 11 is 0. The van der Waals surface area contributed by atoms with Crippen molar-refractivity contribution in [3.05, 3.63) is 0 Å². The highest BCUT2D eigenvalue weighted by atomic mass is 15.2. The Kier molecular flexibility index (Phi) is 5.70. The van der Waals surface area contributed by atoms with Gasteiger partial charge in [0.05, 0.1) is 0 Å². The highest BCUT2D eigenvalue weighted by Crippen LogP contribution is 2.44. The zero-order chi connectivity index (χ0) is 18.3. The number of piperidine rings is 2. The Morgan fingerprint density at radius 2 is 1.50 bits per heavy atom. The van der Waals surface area contributed by atoms with Crippen LogP contribution < -0.4 is 0 Å². The van der Waals surface area contributed by atoms with Crippen LogP contribution in [0.25, 0.3) is 0 Å². The van der Waals surface area contributed by atoms with Crippen molar-refractivity contribution in [1.29, 1.82) is 0 Å². The summed E-state index contributed by atoms with van der Waals surface area (Å²) in [4.78, 5) is 8.30. The normalized spacial score (nSPS) is 34.4. The SMILES string of the molecule is CC(C)C1CC(N2CCC3(CC2)CN(CC2CCN(C(C)C)CC2)C3)C1. The van der Waals surface area contributed by atoms with E-state index in [4.69, 9.17) is 0 Å². The number of likely N-dealkylation sites (tertiary alicyclic amines) is 3. The van der Waals surface area contributed by atoms with Crippen LogP contribution in [0.1, 0.15) is 66.2 Å². The standard InChI is InChI=1S/C23H43N3/c1-18(2)21-13-22(14-21)26-11-7-23(8-12-26)16-24(17-23)15-20-5-9-25(10-6-20)19(3)4/h18-22H,5-17H2,1-4H3. The van der Waals surface area contributed by atoms with Gasteiger partial charge in [0.15, 0.2) is 0 Å². The van der Waals surface area contributed by atoms with Gasteiger partial charge in [-0.05, 0) is 102 Å². The Bertz CT molecular complexity index is 444. The molecule has 26 heavy (non-hydrogen) atoms. The molecule has 3 heterocycles. The van der Waals surface area contributed by atoms with Gasteiger partial charge in [-0.3, -0.25) is 0 Å². The van der Waals surface area contributed by atoms with Crippen molar-refractivity contribution in [1.82, 2.24) is 14.7 Å². The molecule has 4 fully saturated rings. The van der Waals surface area contributed by atoms with Crippen LogP contribution in [-0.2, 0) is 0 Å². The molecular weight excluding hydrogens is 318 g/mol. The molecule has 0 atom stereocenters. The van der Waals surface area contributed by atoms with Crippen LogP contribution in [0.4, 0.5) is 0 Å². The van der Waals surface area contributed by atoms with Crippen LogP contribution in [0.3, 0.4) is 0 Å². The van der Waals surface area contributed by atoms with E-state index < -0.39 is 0 Å². The maximum Gasteiger partial charge on any atom is 0.0101 e. The van der Waals surface area contributed by atoms with Gasteiger partial charge in [0.2, 0.25) is 0 Å². The molecule has 3 heteroatoms. The lowest BCUT2D eigenvalue weighted by Gasteiger charge is -2.57. The van der Waals surface area contributed by atoms with E-state index in [2.05, 4.69) is 42.4 Å². The number of hydrogen-bond donors (Lipinski definition) is 0. The van der Waals surface area contributed by atoms with Gasteiger partial charge in [-0.2, -0.15) is 0 Å². The van der Waals surface area contributed by atoms with Crippen molar-refractivity contribution in [3.63, 3.8) is 0 Å². The second-order valence-corrected chi connectivity index (χ2v) is 10.9. The van der Waals surface area contributed by atoms with E-state index in [0.717, 1.165) is 29.8 Å². The molecule has 3 aliphatic heterocycles. The summed E-state index contributed by atoms with van der Waals surface area (Å²) in [6.45, 7) is 19.1. The van der Waals surface area contributed by atoms with Gasteiger partial charge in [-0.15, -0.1) is 0 Å². The third-order valence-electron chi connectivity index (χ3n) is 8.48. The minimum absolute atomic E-state index is 0.705. The molecule has 1 spiro atoms. The van der Waals surface area contributed by atoms with Gasteiger partial charge >= 0.3 is 0 Å². The number of rotatable bonds is 5. The second kappa shape index (κ2) is 7.72. The Labute approximate surface area is 162 Å². The average Bonchev–Trinajstić information content (AvgIpc) is 2.54. The highest BCUT2D eigenvalue weighted by Gasteiger charge is 2.47. The van der Waals surface area contributed by atoms with Crippen molar-refractivity contribution >= 4 is 0 Å². The first-order valence-corrected chi connectivity index (χ1v) is 11.6. The zero-order valence-corrected chi connectivity index (χ0v) is 17.9. The highest BCUT2D eigenvalue weighted by molar-refractivity contribution is 5.01. The summed E-state index contributed by atoms with van der Waals surface area (Å²) < 4.78 is 0. The molecule has 0 bridgehead atoms. The van der Waals surface area contributed by atoms with Gasteiger partial charge < -0.3 is 14.7 Å². The first-order valence-electron chi connectivity index (χ1n) is 11.6. The summed E-state index contributed by atoms with van der Waals surface area (Å²) in [6, 6.07) is 1.67. The fourth-order valence-electron chi connectivity index (χ4n) is 6.20. The summed E-state index contributed by atoms with van der Waals surface area (Å²) in [6.07, 6.45) is 8.75. The molecule has 0 aromatic rings. The predicted molar refractivity (Wildman–Crippen MR) is 110 cm³/mol. The van der Waals surface area contributed by atoms with E-state index in [0.29, 0.717) is 5.41 Å². The molecule has 1 saturated carbocycles. The smallest absolute Gasteiger partial charge is 0.0101 e. The molecule has 0 unspecified atom stereocenters. The maximum atomic E-state index is 2.84. The molecule has 1 aliphatic carbocycles. The third-order valence-corrected chi connectivity index (χ3v) is 8.48. The molecule has 3 nitrogen and oxygen atoms in total. The fraction of sp³-hybridized carbons (Fsp3) is 1.00. The summed E-state index contributed by atoms with van der Waals surface area (Å²) in [5.41, 5.74) is 0.705. The Morgan fingerprint density at radius 1 is 0.885 bits per heavy atom. The molecule has 0 aromatic heterocycles. The first kappa shape index (κ1) is 19.2. The Morgan fingerprint density at radius 3 is 2.04 bits per heavy atom. The molecule has 0 aromatic carbocycles. The van der Waals surface area contributed by atoms with E-state index in [1.54, 1.807) is 0 Å². The Hall–Kier alpha value is -0.120. The Balaban J connectivity index is 1.14. The van der Waals surface area contributed by atoms with Crippen molar-refractivity contribution in [2.45, 2.75) is 78.3 Å². The van der Waals surface area contributed by atoms with Crippen LogP contribution in [0.2, 0.25) is 0 Å². The third kappa shape index (κ3) is 4.00. The molecule has 150 valence electrons. The topological polar surface area (TPSA) is 9.72 Å². The monoisotopic (exact) mass is 361 g/mol. The quantitative estimate of drug-likeness (QED) is 0.734. The molecule has 0 N–H and O–H groups in total.